The second kappa shape index (κ2) is 62.5. The molecule has 0 heterocycles. The summed E-state index contributed by atoms with van der Waals surface area (Å²) < 4.78 is 0. The number of aliphatic carboxylic acids is 3. The summed E-state index contributed by atoms with van der Waals surface area (Å²) >= 11 is 0. The summed E-state index contributed by atoms with van der Waals surface area (Å²) in [6.45, 7) is 6.70. The molecule has 6 nitrogen and oxygen atoms in total. The number of rotatable bonds is 42. The quantitative estimate of drug-likeness (QED) is 0.0415. The molecule has 0 atom stereocenters. The minimum Gasteiger partial charge on any atom is -0.481 e. The molecule has 0 aliphatic rings. The van der Waals surface area contributed by atoms with E-state index in [1.54, 1.807) is 0 Å². The fourth-order valence-electron chi connectivity index (χ4n) is 6.26. The van der Waals surface area contributed by atoms with Gasteiger partial charge in [0.1, 0.15) is 0 Å². The van der Waals surface area contributed by atoms with Crippen LogP contribution in [-0.4, -0.2) is 33.2 Å². The van der Waals surface area contributed by atoms with Crippen molar-refractivity contribution in [1.29, 1.82) is 0 Å². The number of hydrogen-bond acceptors (Lipinski definition) is 3. The zero-order valence-electron chi connectivity index (χ0n) is 40.0. The molecule has 0 fully saturated rings. The van der Waals surface area contributed by atoms with Crippen LogP contribution < -0.4 is 0 Å². The molecular weight excluding hydrogens is 885 g/mol. The average Bonchev–Trinajstić information content (AvgIpc) is 3.22. The van der Waals surface area contributed by atoms with Crippen LogP contribution in [0.25, 0.3) is 0 Å². The number of carboxylic acids is 3. The van der Waals surface area contributed by atoms with Crippen LogP contribution in [0.3, 0.4) is 0 Å². The van der Waals surface area contributed by atoms with Crippen molar-refractivity contribution in [1.82, 2.24) is 0 Å². The largest absolute Gasteiger partial charge is 0.481 e. The first-order chi connectivity index (χ1) is 29.3. The number of allylic oxidation sites excluding steroid dienone is 12. The Labute approximate surface area is 410 Å². The van der Waals surface area contributed by atoms with Crippen molar-refractivity contribution in [3.8, 4) is 0 Å². The fourth-order valence-corrected chi connectivity index (χ4v) is 6.26. The third-order valence-electron chi connectivity index (χ3n) is 10.0. The molecule has 0 aromatic carbocycles. The number of carboxylic acid groups (broad SMARTS) is 3. The van der Waals surface area contributed by atoms with Crippen LogP contribution in [-0.2, 0) is 14.4 Å². The van der Waals surface area contributed by atoms with Crippen molar-refractivity contribution in [2.24, 2.45) is 0 Å². The van der Waals surface area contributed by atoms with Gasteiger partial charge in [-0.1, -0.05) is 190 Å². The molecule has 0 aromatic rings. The van der Waals surface area contributed by atoms with Gasteiger partial charge in [-0.25, -0.2) is 0 Å². The van der Waals surface area contributed by atoms with E-state index in [0.29, 0.717) is 19.3 Å². The van der Waals surface area contributed by atoms with Crippen LogP contribution in [0.5, 0.6) is 0 Å². The molecule has 0 saturated carbocycles. The summed E-state index contributed by atoms with van der Waals surface area (Å²) in [4.78, 5) is 31.0. The maximum Gasteiger partial charge on any atom is 0.303 e. The number of carbonyl (C=O) groups is 3. The standard InChI is InChI=1S/3C18H32O2.Pr/c3*1-2-3-4-5-6-7-8-9-10-11-12-13-14-15-16-17-18(19)20;/h3*6-7,9-10H,2-5,8,11-17H2,1H3,(H,19,20);/b3*7-6-,10-9-;. The Kier molecular flexibility index (Phi) is 67.4. The summed E-state index contributed by atoms with van der Waals surface area (Å²) in [6.07, 6.45) is 66.8. The van der Waals surface area contributed by atoms with E-state index in [-0.39, 0.29) is 41.3 Å². The van der Waals surface area contributed by atoms with Crippen LogP contribution in [0.4, 0.5) is 0 Å². The Morgan fingerprint density at radius 3 is 0.656 bits per heavy atom. The van der Waals surface area contributed by atoms with E-state index < -0.39 is 17.9 Å². The molecule has 0 aliphatic heterocycles. The van der Waals surface area contributed by atoms with E-state index in [1.165, 1.54) is 135 Å². The summed E-state index contributed by atoms with van der Waals surface area (Å²) in [5.74, 6) is -2.01. The zero-order valence-corrected chi connectivity index (χ0v) is 43.7. The topological polar surface area (TPSA) is 112 Å². The molecule has 0 bridgehead atoms. The van der Waals surface area contributed by atoms with Gasteiger partial charge in [0.15, 0.2) is 0 Å². The predicted molar refractivity (Wildman–Crippen MR) is 261 cm³/mol. The summed E-state index contributed by atoms with van der Waals surface area (Å²) in [5.41, 5.74) is 0. The molecule has 0 unspecified atom stereocenters. The summed E-state index contributed by atoms with van der Waals surface area (Å²) in [6, 6.07) is 0. The van der Waals surface area contributed by atoms with Crippen molar-refractivity contribution >= 4 is 17.9 Å². The monoisotopic (exact) mass is 982 g/mol. The Bertz CT molecular complexity index is 940. The molecule has 1 radical (unpaired) electrons. The van der Waals surface area contributed by atoms with E-state index in [4.69, 9.17) is 15.3 Å². The molecule has 61 heavy (non-hydrogen) atoms. The van der Waals surface area contributed by atoms with E-state index in [0.717, 1.165) is 77.0 Å². The van der Waals surface area contributed by atoms with Gasteiger partial charge in [-0.15, -0.1) is 0 Å². The summed E-state index contributed by atoms with van der Waals surface area (Å²) in [5, 5.41) is 25.5. The first-order valence-corrected chi connectivity index (χ1v) is 24.9. The van der Waals surface area contributed by atoms with Crippen LogP contribution in [0.15, 0.2) is 72.9 Å². The molecule has 0 saturated heterocycles. The van der Waals surface area contributed by atoms with Gasteiger partial charge in [0.25, 0.3) is 0 Å². The molecule has 0 aliphatic carbocycles. The Balaban J connectivity index is -0.000000396. The smallest absolute Gasteiger partial charge is 0.303 e. The number of hydrogen-bond donors (Lipinski definition) is 3. The van der Waals surface area contributed by atoms with Crippen molar-refractivity contribution in [3.05, 3.63) is 72.9 Å². The van der Waals surface area contributed by atoms with Gasteiger partial charge in [-0.3, -0.25) is 14.4 Å². The first-order valence-electron chi connectivity index (χ1n) is 24.9. The molecule has 3 N–H and O–H groups in total. The van der Waals surface area contributed by atoms with E-state index in [9.17, 15) is 14.4 Å². The number of unbranched alkanes of at least 4 members (excludes halogenated alkanes) is 24. The first kappa shape index (κ1) is 65.8. The van der Waals surface area contributed by atoms with Crippen molar-refractivity contribution in [3.63, 3.8) is 0 Å². The fraction of sp³-hybridized carbons (Fsp3) is 0.722. The SMILES string of the molecule is CCCCC/C=C\C/C=C\CCCCCCCC(=O)O.CCCCC/C=C\C/C=C\CCCCCCCC(=O)O.CCCCC/C=C\C/C=C\CCCCCCCC(=O)O.[Pr]. The predicted octanol–water partition coefficient (Wildman–Crippen LogP) is 17.7. The van der Waals surface area contributed by atoms with Crippen molar-refractivity contribution in [2.45, 2.75) is 252 Å². The molecule has 0 spiro atoms. The van der Waals surface area contributed by atoms with E-state index in [1.807, 2.05) is 0 Å². The Morgan fingerprint density at radius 1 is 0.279 bits per heavy atom. The van der Waals surface area contributed by atoms with Gasteiger partial charge < -0.3 is 15.3 Å². The zero-order chi connectivity index (χ0) is 44.7. The van der Waals surface area contributed by atoms with Gasteiger partial charge in [0.2, 0.25) is 0 Å². The Hall–Kier alpha value is -1.79. The third-order valence-corrected chi connectivity index (χ3v) is 10.0. The molecule has 351 valence electrons. The van der Waals surface area contributed by atoms with Gasteiger partial charge in [0.05, 0.1) is 0 Å². The van der Waals surface area contributed by atoms with Crippen LogP contribution >= 0.6 is 0 Å². The van der Waals surface area contributed by atoms with Gasteiger partial charge in [-0.05, 0) is 116 Å². The van der Waals surface area contributed by atoms with Gasteiger partial charge in [0, 0.05) is 60.6 Å². The molecule has 7 heteroatoms. The third kappa shape index (κ3) is 76.0. The Morgan fingerprint density at radius 2 is 0.459 bits per heavy atom. The van der Waals surface area contributed by atoms with Gasteiger partial charge >= 0.3 is 17.9 Å². The molecule has 0 rings (SSSR count). The molecule has 0 aromatic heterocycles. The van der Waals surface area contributed by atoms with Gasteiger partial charge in [-0.2, -0.15) is 0 Å². The van der Waals surface area contributed by atoms with Crippen molar-refractivity contribution < 1.29 is 71.0 Å². The normalized spacial score (nSPS) is 11.5. The minimum absolute atomic E-state index is 0. The second-order valence-corrected chi connectivity index (χ2v) is 16.1. The van der Waals surface area contributed by atoms with Crippen LogP contribution in [0, 0.1) is 41.3 Å². The van der Waals surface area contributed by atoms with Crippen LogP contribution in [0.1, 0.15) is 252 Å². The maximum absolute atomic E-state index is 10.3. The maximum atomic E-state index is 10.3. The summed E-state index contributed by atoms with van der Waals surface area (Å²) in [7, 11) is 0. The average molecular weight is 982 g/mol. The van der Waals surface area contributed by atoms with Crippen molar-refractivity contribution in [2.75, 3.05) is 0 Å². The molecule has 0 amide bonds. The van der Waals surface area contributed by atoms with E-state index in [2.05, 4.69) is 93.7 Å². The van der Waals surface area contributed by atoms with E-state index >= 15 is 0 Å². The minimum atomic E-state index is -0.671. The molecular formula is C54H96O6Pr. The van der Waals surface area contributed by atoms with Crippen LogP contribution in [0.2, 0.25) is 0 Å². The second-order valence-electron chi connectivity index (χ2n) is 16.1.